The fourth-order valence-electron chi connectivity index (χ4n) is 1.03. The SMILES string of the molecule is COCCOCCCCOCC1CO1. The molecule has 4 nitrogen and oxygen atoms in total. The minimum absolute atomic E-state index is 0.382. The number of epoxide rings is 1. The van der Waals surface area contributed by atoms with Gasteiger partial charge in [0.15, 0.2) is 0 Å². The zero-order valence-electron chi connectivity index (χ0n) is 8.87. The lowest BCUT2D eigenvalue weighted by molar-refractivity contribution is 0.0614. The van der Waals surface area contributed by atoms with Gasteiger partial charge in [0.1, 0.15) is 6.10 Å². The van der Waals surface area contributed by atoms with Crippen LogP contribution in [0, 0.1) is 0 Å². The van der Waals surface area contributed by atoms with Crippen molar-refractivity contribution in [3.63, 3.8) is 0 Å². The van der Waals surface area contributed by atoms with Crippen molar-refractivity contribution in [2.75, 3.05) is 46.8 Å². The van der Waals surface area contributed by atoms with Gasteiger partial charge in [0.2, 0.25) is 0 Å². The number of unbranched alkanes of at least 4 members (excludes halogenated alkanes) is 1. The van der Waals surface area contributed by atoms with Crippen LogP contribution in [-0.4, -0.2) is 52.9 Å². The van der Waals surface area contributed by atoms with Gasteiger partial charge in [0.25, 0.3) is 0 Å². The molecule has 14 heavy (non-hydrogen) atoms. The fraction of sp³-hybridized carbons (Fsp3) is 1.00. The van der Waals surface area contributed by atoms with Gasteiger partial charge in [-0.15, -0.1) is 0 Å². The van der Waals surface area contributed by atoms with Gasteiger partial charge in [-0.2, -0.15) is 0 Å². The van der Waals surface area contributed by atoms with Crippen LogP contribution in [0.4, 0.5) is 0 Å². The minimum atomic E-state index is 0.382. The van der Waals surface area contributed by atoms with Crippen LogP contribution in [0.2, 0.25) is 0 Å². The van der Waals surface area contributed by atoms with Crippen molar-refractivity contribution in [1.29, 1.82) is 0 Å². The number of hydrogen-bond donors (Lipinski definition) is 0. The van der Waals surface area contributed by atoms with Crippen molar-refractivity contribution >= 4 is 0 Å². The Morgan fingerprint density at radius 1 is 1.07 bits per heavy atom. The summed E-state index contributed by atoms with van der Waals surface area (Å²) in [5.41, 5.74) is 0. The van der Waals surface area contributed by atoms with Gasteiger partial charge in [0, 0.05) is 20.3 Å². The normalized spacial score (nSPS) is 19.9. The largest absolute Gasteiger partial charge is 0.382 e. The highest BCUT2D eigenvalue weighted by Gasteiger charge is 2.21. The van der Waals surface area contributed by atoms with E-state index >= 15 is 0 Å². The van der Waals surface area contributed by atoms with Gasteiger partial charge in [0.05, 0.1) is 26.4 Å². The van der Waals surface area contributed by atoms with Crippen molar-refractivity contribution in [3.8, 4) is 0 Å². The van der Waals surface area contributed by atoms with Crippen molar-refractivity contribution in [2.24, 2.45) is 0 Å². The van der Waals surface area contributed by atoms with E-state index in [2.05, 4.69) is 0 Å². The molecule has 4 heteroatoms. The molecule has 1 fully saturated rings. The summed E-state index contributed by atoms with van der Waals surface area (Å²) < 4.78 is 20.6. The lowest BCUT2D eigenvalue weighted by Crippen LogP contribution is -2.06. The first kappa shape index (κ1) is 11.9. The van der Waals surface area contributed by atoms with Gasteiger partial charge in [-0.25, -0.2) is 0 Å². The maximum atomic E-state index is 5.38. The first-order chi connectivity index (χ1) is 6.93. The lowest BCUT2D eigenvalue weighted by atomic mass is 10.3. The molecule has 84 valence electrons. The molecule has 1 unspecified atom stereocenters. The summed E-state index contributed by atoms with van der Waals surface area (Å²) in [5.74, 6) is 0. The van der Waals surface area contributed by atoms with Crippen LogP contribution in [-0.2, 0) is 18.9 Å². The summed E-state index contributed by atoms with van der Waals surface area (Å²) >= 11 is 0. The van der Waals surface area contributed by atoms with E-state index in [-0.39, 0.29) is 0 Å². The predicted molar refractivity (Wildman–Crippen MR) is 52.5 cm³/mol. The molecule has 0 amide bonds. The summed E-state index contributed by atoms with van der Waals surface area (Å²) in [6.45, 7) is 4.60. The second-order valence-electron chi connectivity index (χ2n) is 3.34. The van der Waals surface area contributed by atoms with Crippen molar-refractivity contribution in [1.82, 2.24) is 0 Å². The highest BCUT2D eigenvalue weighted by Crippen LogP contribution is 2.08. The van der Waals surface area contributed by atoms with Gasteiger partial charge < -0.3 is 18.9 Å². The second-order valence-corrected chi connectivity index (χ2v) is 3.34. The molecular weight excluding hydrogens is 184 g/mol. The Labute approximate surface area is 85.5 Å². The van der Waals surface area contributed by atoms with E-state index in [1.54, 1.807) is 7.11 Å². The molecule has 0 aromatic carbocycles. The Balaban J connectivity index is 1.63. The Hall–Kier alpha value is -0.160. The first-order valence-electron chi connectivity index (χ1n) is 5.19. The molecule has 1 aliphatic rings. The monoisotopic (exact) mass is 204 g/mol. The van der Waals surface area contributed by atoms with Crippen molar-refractivity contribution in [2.45, 2.75) is 18.9 Å². The van der Waals surface area contributed by atoms with E-state index in [0.717, 1.165) is 39.3 Å². The van der Waals surface area contributed by atoms with Crippen LogP contribution in [0.3, 0.4) is 0 Å². The van der Waals surface area contributed by atoms with Crippen LogP contribution in [0.25, 0.3) is 0 Å². The molecule has 0 N–H and O–H groups in total. The zero-order chi connectivity index (χ0) is 10.1. The summed E-state index contributed by atoms with van der Waals surface area (Å²) in [5, 5.41) is 0. The molecule has 0 spiro atoms. The summed E-state index contributed by atoms with van der Waals surface area (Å²) in [4.78, 5) is 0. The van der Waals surface area contributed by atoms with E-state index in [4.69, 9.17) is 18.9 Å². The van der Waals surface area contributed by atoms with E-state index in [9.17, 15) is 0 Å². The highest BCUT2D eigenvalue weighted by atomic mass is 16.6. The average molecular weight is 204 g/mol. The molecule has 0 aliphatic carbocycles. The third-order valence-electron chi connectivity index (χ3n) is 1.97. The van der Waals surface area contributed by atoms with E-state index in [1.807, 2.05) is 0 Å². The highest BCUT2D eigenvalue weighted by molar-refractivity contribution is 4.66. The standard InChI is InChI=1S/C10H20O4/c1-11-6-7-12-4-2-3-5-13-8-10-9-14-10/h10H,2-9H2,1H3. The van der Waals surface area contributed by atoms with Crippen LogP contribution in [0.15, 0.2) is 0 Å². The molecule has 0 aromatic rings. The molecular formula is C10H20O4. The van der Waals surface area contributed by atoms with Crippen LogP contribution < -0.4 is 0 Å². The van der Waals surface area contributed by atoms with Gasteiger partial charge >= 0.3 is 0 Å². The number of rotatable bonds is 10. The Morgan fingerprint density at radius 2 is 1.79 bits per heavy atom. The second kappa shape index (κ2) is 8.17. The molecule has 0 aromatic heterocycles. The third kappa shape index (κ3) is 7.26. The quantitative estimate of drug-likeness (QED) is 0.390. The summed E-state index contributed by atoms with van der Waals surface area (Å²) in [7, 11) is 1.68. The number of methoxy groups -OCH3 is 1. The fourth-order valence-corrected chi connectivity index (χ4v) is 1.03. The number of ether oxygens (including phenoxy) is 4. The molecule has 1 heterocycles. The predicted octanol–water partition coefficient (Wildman–Crippen LogP) is 0.845. The van der Waals surface area contributed by atoms with E-state index < -0.39 is 0 Å². The van der Waals surface area contributed by atoms with Gasteiger partial charge in [-0.1, -0.05) is 0 Å². The lowest BCUT2D eigenvalue weighted by Gasteiger charge is -2.03. The number of hydrogen-bond acceptors (Lipinski definition) is 4. The van der Waals surface area contributed by atoms with Crippen LogP contribution >= 0.6 is 0 Å². The average Bonchev–Trinajstić information content (AvgIpc) is 2.99. The molecule has 1 rings (SSSR count). The van der Waals surface area contributed by atoms with Crippen LogP contribution in [0.5, 0.6) is 0 Å². The summed E-state index contributed by atoms with van der Waals surface area (Å²) in [6, 6.07) is 0. The first-order valence-corrected chi connectivity index (χ1v) is 5.19. The van der Waals surface area contributed by atoms with E-state index in [1.165, 1.54) is 0 Å². The molecule has 1 saturated heterocycles. The van der Waals surface area contributed by atoms with Crippen molar-refractivity contribution < 1.29 is 18.9 Å². The Morgan fingerprint density at radius 3 is 2.43 bits per heavy atom. The Kier molecular flexibility index (Phi) is 6.95. The van der Waals surface area contributed by atoms with Gasteiger partial charge in [-0.3, -0.25) is 0 Å². The maximum Gasteiger partial charge on any atom is 0.104 e. The minimum Gasteiger partial charge on any atom is -0.382 e. The van der Waals surface area contributed by atoms with Crippen molar-refractivity contribution in [3.05, 3.63) is 0 Å². The molecule has 1 atom stereocenters. The molecule has 0 bridgehead atoms. The molecule has 0 radical (unpaired) electrons. The van der Waals surface area contributed by atoms with Crippen LogP contribution in [0.1, 0.15) is 12.8 Å². The topological polar surface area (TPSA) is 40.2 Å². The Bertz CT molecular complexity index is 125. The molecule has 1 aliphatic heterocycles. The molecule has 0 saturated carbocycles. The summed E-state index contributed by atoms with van der Waals surface area (Å²) in [6.07, 6.45) is 2.49. The maximum absolute atomic E-state index is 5.38. The van der Waals surface area contributed by atoms with Gasteiger partial charge in [-0.05, 0) is 12.8 Å². The smallest absolute Gasteiger partial charge is 0.104 e. The third-order valence-corrected chi connectivity index (χ3v) is 1.97. The van der Waals surface area contributed by atoms with E-state index in [0.29, 0.717) is 19.3 Å². The zero-order valence-corrected chi connectivity index (χ0v) is 8.87.